The van der Waals surface area contributed by atoms with Gasteiger partial charge in [0, 0.05) is 24.7 Å². The smallest absolute Gasteiger partial charge is 0.337 e. The number of hydrogen-bond acceptors (Lipinski definition) is 3. The molecule has 0 aromatic heterocycles. The first-order valence-corrected chi connectivity index (χ1v) is 7.58. The molecule has 0 spiro atoms. The first-order valence-electron chi connectivity index (χ1n) is 7.58. The van der Waals surface area contributed by atoms with E-state index in [1.54, 1.807) is 12.1 Å². The summed E-state index contributed by atoms with van der Waals surface area (Å²) in [6.45, 7) is 1.93. The van der Waals surface area contributed by atoms with E-state index in [9.17, 15) is 14.7 Å². The van der Waals surface area contributed by atoms with Crippen molar-refractivity contribution in [3.63, 3.8) is 0 Å². The number of nitrogens with one attached hydrogen (secondary N) is 1. The minimum Gasteiger partial charge on any atom is -0.478 e. The Bertz CT molecular complexity index is 561. The highest BCUT2D eigenvalue weighted by Gasteiger charge is 2.26. The highest BCUT2D eigenvalue weighted by atomic mass is 16.4. The number of carbonyl (C=O) groups excluding carboxylic acids is 1. The normalized spacial score (nSPS) is 18.4. The Morgan fingerprint density at radius 3 is 2.43 bits per heavy atom. The van der Waals surface area contributed by atoms with Crippen LogP contribution in [0.15, 0.2) is 18.2 Å². The molecule has 0 atom stereocenters. The van der Waals surface area contributed by atoms with E-state index in [0.29, 0.717) is 5.69 Å². The lowest BCUT2D eigenvalue weighted by molar-refractivity contribution is -0.122. The number of amides is 1. The third kappa shape index (κ3) is 2.86. The van der Waals surface area contributed by atoms with E-state index in [-0.39, 0.29) is 17.4 Å². The van der Waals surface area contributed by atoms with Crippen molar-refractivity contribution in [2.24, 2.45) is 5.92 Å². The van der Waals surface area contributed by atoms with Crippen LogP contribution in [0.3, 0.4) is 0 Å². The molecule has 5 heteroatoms. The van der Waals surface area contributed by atoms with Crippen LogP contribution in [0.4, 0.5) is 11.4 Å². The van der Waals surface area contributed by atoms with Gasteiger partial charge in [0.25, 0.3) is 0 Å². The van der Waals surface area contributed by atoms with Gasteiger partial charge in [-0.3, -0.25) is 4.79 Å². The number of carboxylic acids is 1. The molecule has 112 valence electrons. The summed E-state index contributed by atoms with van der Waals surface area (Å²) >= 11 is 0. The number of benzene rings is 1. The van der Waals surface area contributed by atoms with Crippen molar-refractivity contribution in [3.8, 4) is 0 Å². The lowest BCUT2D eigenvalue weighted by Gasteiger charge is -2.25. The summed E-state index contributed by atoms with van der Waals surface area (Å²) in [6, 6.07) is 5.28. The molecule has 1 saturated heterocycles. The zero-order valence-electron chi connectivity index (χ0n) is 12.0. The molecule has 2 N–H and O–H groups in total. The van der Waals surface area contributed by atoms with E-state index >= 15 is 0 Å². The van der Waals surface area contributed by atoms with Crippen molar-refractivity contribution in [2.45, 2.75) is 32.1 Å². The largest absolute Gasteiger partial charge is 0.478 e. The van der Waals surface area contributed by atoms with Crippen LogP contribution in [0, 0.1) is 5.92 Å². The van der Waals surface area contributed by atoms with Gasteiger partial charge in [0.15, 0.2) is 0 Å². The summed E-state index contributed by atoms with van der Waals surface area (Å²) in [5, 5.41) is 12.2. The molecule has 1 aliphatic carbocycles. The van der Waals surface area contributed by atoms with Crippen molar-refractivity contribution in [1.82, 2.24) is 0 Å². The van der Waals surface area contributed by atoms with Gasteiger partial charge in [-0.25, -0.2) is 4.79 Å². The van der Waals surface area contributed by atoms with Crippen molar-refractivity contribution < 1.29 is 14.7 Å². The predicted molar refractivity (Wildman–Crippen MR) is 80.8 cm³/mol. The number of carbonyl (C=O) groups is 2. The van der Waals surface area contributed by atoms with Gasteiger partial charge in [-0.1, -0.05) is 6.42 Å². The van der Waals surface area contributed by atoms with Crippen molar-refractivity contribution in [1.29, 1.82) is 0 Å². The van der Waals surface area contributed by atoms with Gasteiger partial charge in [-0.05, 0) is 43.9 Å². The summed E-state index contributed by atoms with van der Waals surface area (Å²) in [5.41, 5.74) is 1.50. The standard InChI is InChI=1S/C16H20N2O3/c19-15(11-4-3-5-11)17-14-7-6-12(10-13(14)16(20)21)18-8-1-2-9-18/h6-7,10-11H,1-5,8-9H2,(H,17,19)(H,20,21). The molecule has 21 heavy (non-hydrogen) atoms. The van der Waals surface area contributed by atoms with Crippen LogP contribution in [-0.4, -0.2) is 30.1 Å². The molecule has 1 amide bonds. The summed E-state index contributed by atoms with van der Waals surface area (Å²) in [6.07, 6.45) is 5.17. The molecule has 1 aliphatic heterocycles. The third-order valence-corrected chi connectivity index (χ3v) is 4.44. The monoisotopic (exact) mass is 288 g/mol. The fourth-order valence-electron chi connectivity index (χ4n) is 2.90. The highest BCUT2D eigenvalue weighted by Crippen LogP contribution is 2.30. The van der Waals surface area contributed by atoms with E-state index in [1.807, 2.05) is 6.07 Å². The molecule has 1 saturated carbocycles. The molecule has 0 bridgehead atoms. The number of carboxylic acid groups (broad SMARTS) is 1. The lowest BCUT2D eigenvalue weighted by atomic mass is 9.85. The van der Waals surface area contributed by atoms with Crippen LogP contribution in [0.2, 0.25) is 0 Å². The Morgan fingerprint density at radius 1 is 1.14 bits per heavy atom. The molecule has 2 fully saturated rings. The van der Waals surface area contributed by atoms with E-state index in [2.05, 4.69) is 10.2 Å². The summed E-state index contributed by atoms with van der Waals surface area (Å²) in [7, 11) is 0. The fraction of sp³-hybridized carbons (Fsp3) is 0.500. The highest BCUT2D eigenvalue weighted by molar-refractivity contribution is 6.02. The minimum atomic E-state index is -1.00. The average Bonchev–Trinajstić information content (AvgIpc) is 2.90. The van der Waals surface area contributed by atoms with Crippen LogP contribution in [0.25, 0.3) is 0 Å². The molecule has 0 radical (unpaired) electrons. The molecule has 5 nitrogen and oxygen atoms in total. The number of nitrogens with zero attached hydrogens (tertiary/aromatic N) is 1. The number of hydrogen-bond donors (Lipinski definition) is 2. The maximum absolute atomic E-state index is 12.0. The van der Waals surface area contributed by atoms with Crippen LogP contribution in [0.5, 0.6) is 0 Å². The van der Waals surface area contributed by atoms with Crippen LogP contribution in [0.1, 0.15) is 42.5 Å². The molecule has 0 unspecified atom stereocenters. The maximum atomic E-state index is 12.0. The van der Waals surface area contributed by atoms with Gasteiger partial charge >= 0.3 is 5.97 Å². The lowest BCUT2D eigenvalue weighted by Crippen LogP contribution is -2.28. The second-order valence-electron chi connectivity index (χ2n) is 5.85. The van der Waals surface area contributed by atoms with E-state index in [4.69, 9.17) is 0 Å². The molecular formula is C16H20N2O3. The Hall–Kier alpha value is -2.04. The van der Waals surface area contributed by atoms with Gasteiger partial charge < -0.3 is 15.3 Å². The average molecular weight is 288 g/mol. The Kier molecular flexibility index (Phi) is 3.82. The van der Waals surface area contributed by atoms with E-state index in [1.165, 1.54) is 0 Å². The molecular weight excluding hydrogens is 268 g/mol. The SMILES string of the molecule is O=C(O)c1cc(N2CCCC2)ccc1NC(=O)C1CCC1. The Labute approximate surface area is 123 Å². The quantitative estimate of drug-likeness (QED) is 0.893. The maximum Gasteiger partial charge on any atom is 0.337 e. The Balaban J connectivity index is 1.81. The van der Waals surface area contributed by atoms with Gasteiger partial charge in [-0.15, -0.1) is 0 Å². The second-order valence-corrected chi connectivity index (χ2v) is 5.85. The molecule has 2 aliphatic rings. The van der Waals surface area contributed by atoms with Crippen molar-refractivity contribution in [2.75, 3.05) is 23.3 Å². The number of anilines is 2. The van der Waals surface area contributed by atoms with E-state index in [0.717, 1.165) is 50.9 Å². The molecule has 1 aromatic carbocycles. The first kappa shape index (κ1) is 13.9. The first-order chi connectivity index (χ1) is 10.1. The van der Waals surface area contributed by atoms with Gasteiger partial charge in [0.2, 0.25) is 5.91 Å². The van der Waals surface area contributed by atoms with Gasteiger partial charge in [-0.2, -0.15) is 0 Å². The predicted octanol–water partition coefficient (Wildman–Crippen LogP) is 2.72. The van der Waals surface area contributed by atoms with Crippen LogP contribution >= 0.6 is 0 Å². The summed E-state index contributed by atoms with van der Waals surface area (Å²) < 4.78 is 0. The van der Waals surface area contributed by atoms with Gasteiger partial charge in [0.1, 0.15) is 0 Å². The zero-order valence-corrected chi connectivity index (χ0v) is 12.0. The molecule has 3 rings (SSSR count). The van der Waals surface area contributed by atoms with Crippen molar-refractivity contribution in [3.05, 3.63) is 23.8 Å². The minimum absolute atomic E-state index is 0.0462. The van der Waals surface area contributed by atoms with Gasteiger partial charge in [0.05, 0.1) is 11.3 Å². The number of aromatic carboxylic acids is 1. The second kappa shape index (κ2) is 5.76. The molecule has 1 heterocycles. The fourth-order valence-corrected chi connectivity index (χ4v) is 2.90. The van der Waals surface area contributed by atoms with E-state index < -0.39 is 5.97 Å². The topological polar surface area (TPSA) is 69.6 Å². The molecule has 1 aromatic rings. The summed E-state index contributed by atoms with van der Waals surface area (Å²) in [5.74, 6) is -1.01. The Morgan fingerprint density at radius 2 is 1.86 bits per heavy atom. The van der Waals surface area contributed by atoms with Crippen LogP contribution in [-0.2, 0) is 4.79 Å². The van der Waals surface area contributed by atoms with Crippen LogP contribution < -0.4 is 10.2 Å². The van der Waals surface area contributed by atoms with Crippen molar-refractivity contribution >= 4 is 23.3 Å². The zero-order chi connectivity index (χ0) is 14.8. The third-order valence-electron chi connectivity index (χ3n) is 4.44. The number of rotatable bonds is 4. The summed E-state index contributed by atoms with van der Waals surface area (Å²) in [4.78, 5) is 25.6.